The smallest absolute Gasteiger partial charge is 0.277 e. The van der Waals surface area contributed by atoms with E-state index in [0.717, 1.165) is 0 Å². The molecule has 0 aromatic heterocycles. The highest BCUT2D eigenvalue weighted by atomic mass is 32.2. The third-order valence-electron chi connectivity index (χ3n) is 0.963. The van der Waals surface area contributed by atoms with E-state index in [-0.39, 0.29) is 13.1 Å². The fourth-order valence-corrected chi connectivity index (χ4v) is 1.19. The monoisotopic (exact) mass is 192 g/mol. The van der Waals surface area contributed by atoms with E-state index in [1.807, 2.05) is 0 Å². The number of ether oxygens (including phenoxy) is 1. The zero-order valence-corrected chi connectivity index (χ0v) is 7.65. The Morgan fingerprint density at radius 2 is 2.17 bits per heavy atom. The Hall–Kier alpha value is -0.610. The fourth-order valence-electron chi connectivity index (χ4n) is 0.466. The molecule has 0 aliphatic carbocycles. The summed E-state index contributed by atoms with van der Waals surface area (Å²) in [4.78, 5) is 0. The second-order valence-electron chi connectivity index (χ2n) is 1.92. The number of hydrogen-bond donors (Lipinski definition) is 2. The highest BCUT2D eigenvalue weighted by Crippen LogP contribution is 1.74. The SMILES string of the molecule is C#CCNS(=O)(=O)NCCOC. The van der Waals surface area contributed by atoms with Crippen LogP contribution in [0.15, 0.2) is 0 Å². The number of hydrogen-bond acceptors (Lipinski definition) is 3. The molecule has 70 valence electrons. The van der Waals surface area contributed by atoms with Crippen LogP contribution in [0.1, 0.15) is 0 Å². The van der Waals surface area contributed by atoms with Crippen LogP contribution in [0.5, 0.6) is 0 Å². The van der Waals surface area contributed by atoms with E-state index in [4.69, 9.17) is 6.42 Å². The lowest BCUT2D eigenvalue weighted by Gasteiger charge is -2.04. The molecule has 12 heavy (non-hydrogen) atoms. The predicted molar refractivity (Wildman–Crippen MR) is 45.6 cm³/mol. The molecular weight excluding hydrogens is 180 g/mol. The Bertz CT molecular complexity index is 242. The van der Waals surface area contributed by atoms with Gasteiger partial charge in [0.15, 0.2) is 0 Å². The largest absolute Gasteiger partial charge is 0.383 e. The van der Waals surface area contributed by atoms with E-state index in [1.165, 1.54) is 7.11 Å². The molecule has 0 saturated heterocycles. The zero-order valence-electron chi connectivity index (χ0n) is 6.83. The topological polar surface area (TPSA) is 67.4 Å². The Kier molecular flexibility index (Phi) is 5.66. The average Bonchev–Trinajstić information content (AvgIpc) is 2.01. The highest BCUT2D eigenvalue weighted by molar-refractivity contribution is 7.87. The van der Waals surface area contributed by atoms with Gasteiger partial charge in [0.1, 0.15) is 0 Å². The molecule has 6 heteroatoms. The molecule has 2 N–H and O–H groups in total. The second kappa shape index (κ2) is 5.97. The Balaban J connectivity index is 3.67. The number of rotatable bonds is 6. The molecule has 0 aromatic carbocycles. The first-order valence-electron chi connectivity index (χ1n) is 3.29. The van der Waals surface area contributed by atoms with Gasteiger partial charge in [0, 0.05) is 13.7 Å². The van der Waals surface area contributed by atoms with Gasteiger partial charge in [0.25, 0.3) is 10.2 Å². The van der Waals surface area contributed by atoms with Crippen molar-refractivity contribution < 1.29 is 13.2 Å². The van der Waals surface area contributed by atoms with Crippen molar-refractivity contribution in [2.45, 2.75) is 0 Å². The molecule has 0 rings (SSSR count). The Morgan fingerprint density at radius 3 is 2.67 bits per heavy atom. The van der Waals surface area contributed by atoms with Gasteiger partial charge < -0.3 is 4.74 Å². The van der Waals surface area contributed by atoms with Crippen LogP contribution in [-0.2, 0) is 14.9 Å². The van der Waals surface area contributed by atoms with Crippen molar-refractivity contribution in [3.05, 3.63) is 0 Å². The van der Waals surface area contributed by atoms with Crippen molar-refractivity contribution in [2.24, 2.45) is 0 Å². The first-order valence-corrected chi connectivity index (χ1v) is 4.77. The number of methoxy groups -OCH3 is 1. The van der Waals surface area contributed by atoms with Crippen molar-refractivity contribution in [3.63, 3.8) is 0 Å². The van der Waals surface area contributed by atoms with Gasteiger partial charge >= 0.3 is 0 Å². The molecule has 0 fully saturated rings. The van der Waals surface area contributed by atoms with Crippen LogP contribution in [0.4, 0.5) is 0 Å². The first kappa shape index (κ1) is 11.4. The molecule has 0 heterocycles. The molecule has 0 aliphatic rings. The summed E-state index contributed by atoms with van der Waals surface area (Å²) in [5.41, 5.74) is 0. The van der Waals surface area contributed by atoms with Gasteiger partial charge in [-0.15, -0.1) is 6.42 Å². The third-order valence-corrected chi connectivity index (χ3v) is 2.07. The van der Waals surface area contributed by atoms with Crippen molar-refractivity contribution in [1.82, 2.24) is 9.44 Å². The van der Waals surface area contributed by atoms with Gasteiger partial charge in [-0.05, 0) is 0 Å². The average molecular weight is 192 g/mol. The van der Waals surface area contributed by atoms with E-state index < -0.39 is 10.2 Å². The van der Waals surface area contributed by atoms with Crippen LogP contribution in [0.2, 0.25) is 0 Å². The van der Waals surface area contributed by atoms with Crippen molar-refractivity contribution in [2.75, 3.05) is 26.8 Å². The Labute approximate surface area is 72.7 Å². The molecular formula is C6H12N2O3S. The van der Waals surface area contributed by atoms with Crippen LogP contribution in [0.3, 0.4) is 0 Å². The summed E-state index contributed by atoms with van der Waals surface area (Å²) in [6.45, 7) is 0.551. The van der Waals surface area contributed by atoms with Gasteiger partial charge in [0.2, 0.25) is 0 Å². The van der Waals surface area contributed by atoms with Crippen molar-refractivity contribution in [1.29, 1.82) is 0 Å². The van der Waals surface area contributed by atoms with E-state index in [1.54, 1.807) is 0 Å². The van der Waals surface area contributed by atoms with Crippen molar-refractivity contribution >= 4 is 10.2 Å². The summed E-state index contributed by atoms with van der Waals surface area (Å²) >= 11 is 0. The maximum atomic E-state index is 10.9. The van der Waals surface area contributed by atoms with Crippen LogP contribution >= 0.6 is 0 Å². The summed E-state index contributed by atoms with van der Waals surface area (Å²) in [7, 11) is -1.95. The quantitative estimate of drug-likeness (QED) is 0.405. The van der Waals surface area contributed by atoms with E-state index in [9.17, 15) is 8.42 Å². The molecule has 0 spiro atoms. The molecule has 0 atom stereocenters. The van der Waals surface area contributed by atoms with Crippen LogP contribution in [0.25, 0.3) is 0 Å². The summed E-state index contributed by atoms with van der Waals surface area (Å²) in [5.74, 6) is 2.15. The van der Waals surface area contributed by atoms with E-state index in [0.29, 0.717) is 6.61 Å². The Morgan fingerprint density at radius 1 is 1.50 bits per heavy atom. The fraction of sp³-hybridized carbons (Fsp3) is 0.667. The molecule has 5 nitrogen and oxygen atoms in total. The third kappa shape index (κ3) is 6.12. The molecule has 0 aromatic rings. The minimum atomic E-state index is -3.44. The molecule has 0 aliphatic heterocycles. The van der Waals surface area contributed by atoms with Crippen molar-refractivity contribution in [3.8, 4) is 12.3 Å². The second-order valence-corrected chi connectivity index (χ2v) is 3.50. The highest BCUT2D eigenvalue weighted by Gasteiger charge is 2.05. The lowest BCUT2D eigenvalue weighted by atomic mass is 10.7. The van der Waals surface area contributed by atoms with Gasteiger partial charge in [-0.1, -0.05) is 5.92 Å². The lowest BCUT2D eigenvalue weighted by molar-refractivity contribution is 0.204. The van der Waals surface area contributed by atoms with Gasteiger partial charge in [-0.2, -0.15) is 17.9 Å². The summed E-state index contributed by atoms with van der Waals surface area (Å²) in [5, 5.41) is 0. The first-order chi connectivity index (χ1) is 5.62. The predicted octanol–water partition coefficient (Wildman–Crippen LogP) is -1.31. The molecule has 0 radical (unpaired) electrons. The maximum Gasteiger partial charge on any atom is 0.277 e. The minimum absolute atomic E-state index is 0.0116. The molecule has 0 unspecified atom stereocenters. The molecule has 0 amide bonds. The number of terminal acetylenes is 1. The summed E-state index contributed by atoms with van der Waals surface area (Å²) in [6.07, 6.45) is 4.86. The van der Waals surface area contributed by atoms with Crippen LogP contribution < -0.4 is 9.44 Å². The van der Waals surface area contributed by atoms with E-state index >= 15 is 0 Å². The minimum Gasteiger partial charge on any atom is -0.383 e. The molecule has 0 saturated carbocycles. The van der Waals surface area contributed by atoms with Gasteiger partial charge in [0.05, 0.1) is 13.2 Å². The van der Waals surface area contributed by atoms with Crippen LogP contribution in [-0.4, -0.2) is 35.2 Å². The number of nitrogens with one attached hydrogen (secondary N) is 2. The van der Waals surface area contributed by atoms with Crippen LogP contribution in [0, 0.1) is 12.3 Å². The van der Waals surface area contributed by atoms with Gasteiger partial charge in [-0.3, -0.25) is 0 Å². The summed E-state index contributed by atoms with van der Waals surface area (Å²) in [6, 6.07) is 0. The van der Waals surface area contributed by atoms with E-state index in [2.05, 4.69) is 20.1 Å². The van der Waals surface area contributed by atoms with Gasteiger partial charge in [-0.25, -0.2) is 0 Å². The lowest BCUT2D eigenvalue weighted by Crippen LogP contribution is -2.38. The normalized spacial score (nSPS) is 11.0. The zero-order chi connectivity index (χ0) is 9.45. The molecule has 0 bridgehead atoms. The summed E-state index contributed by atoms with van der Waals surface area (Å²) < 4.78 is 30.8. The maximum absolute atomic E-state index is 10.9. The standard InChI is InChI=1S/C6H12N2O3S/c1-3-4-7-12(9,10)8-5-6-11-2/h1,7-8H,4-6H2,2H3.